The molecule has 4 nitrogen and oxygen atoms in total. The summed E-state index contributed by atoms with van der Waals surface area (Å²) in [6, 6.07) is 18.0. The molecule has 0 aliphatic heterocycles. The molecule has 0 aromatic heterocycles. The first-order valence-electron chi connectivity index (χ1n) is 6.43. The molecule has 0 saturated heterocycles. The molecule has 0 N–H and O–H groups in total. The van der Waals surface area contributed by atoms with E-state index >= 15 is 0 Å². The summed E-state index contributed by atoms with van der Waals surface area (Å²) in [7, 11) is 0. The second kappa shape index (κ2) is 4.56. The summed E-state index contributed by atoms with van der Waals surface area (Å²) in [5, 5.41) is 11.7. The van der Waals surface area contributed by atoms with E-state index in [0.717, 1.165) is 5.56 Å². The average molecular weight is 267 g/mol. The van der Waals surface area contributed by atoms with Crippen molar-refractivity contribution in [3.63, 3.8) is 0 Å². The van der Waals surface area contributed by atoms with Crippen molar-refractivity contribution >= 4 is 6.29 Å². The van der Waals surface area contributed by atoms with Crippen molar-refractivity contribution in [3.8, 4) is 0 Å². The monoisotopic (exact) mass is 267 g/mol. The quantitative estimate of drug-likeness (QED) is 0.486. The maximum absolute atomic E-state index is 11.7. The Kier molecular flexibility index (Phi) is 2.86. The Balaban J connectivity index is 2.13. The van der Waals surface area contributed by atoms with Crippen LogP contribution in [0.5, 0.6) is 0 Å². The molecule has 4 heteroatoms. The maximum atomic E-state index is 11.7. The van der Waals surface area contributed by atoms with Gasteiger partial charge in [0, 0.05) is 10.5 Å². The molecule has 1 aliphatic carbocycles. The number of benzene rings is 2. The van der Waals surface area contributed by atoms with Crippen LogP contribution in [0.2, 0.25) is 0 Å². The lowest BCUT2D eigenvalue weighted by atomic mass is 9.99. The van der Waals surface area contributed by atoms with Crippen LogP contribution in [0.15, 0.2) is 60.7 Å². The molecular weight excluding hydrogens is 254 g/mol. The van der Waals surface area contributed by atoms with E-state index in [1.54, 1.807) is 24.3 Å². The molecule has 100 valence electrons. The second-order valence-electron chi connectivity index (χ2n) is 5.00. The SMILES string of the molecule is O=C[C@@H]1[C@@H](c2ccccc2)[C@]1(c1ccccc1)[N+](=O)[O-]. The molecule has 0 bridgehead atoms. The van der Waals surface area contributed by atoms with Crippen molar-refractivity contribution in [1.82, 2.24) is 0 Å². The minimum Gasteiger partial charge on any atom is -0.303 e. The number of hydrogen-bond donors (Lipinski definition) is 0. The molecule has 2 aromatic rings. The molecule has 0 radical (unpaired) electrons. The molecule has 3 rings (SSSR count). The highest BCUT2D eigenvalue weighted by Crippen LogP contribution is 2.64. The highest BCUT2D eigenvalue weighted by atomic mass is 16.6. The molecular formula is C16H13NO3. The van der Waals surface area contributed by atoms with Gasteiger partial charge in [-0.15, -0.1) is 0 Å². The number of aldehydes is 1. The van der Waals surface area contributed by atoms with Gasteiger partial charge >= 0.3 is 0 Å². The van der Waals surface area contributed by atoms with Gasteiger partial charge in [0.05, 0.1) is 5.92 Å². The number of rotatable bonds is 4. The highest BCUT2D eigenvalue weighted by molar-refractivity contribution is 5.68. The van der Waals surface area contributed by atoms with E-state index in [1.165, 1.54) is 0 Å². The largest absolute Gasteiger partial charge is 0.303 e. The van der Waals surface area contributed by atoms with Crippen molar-refractivity contribution in [2.24, 2.45) is 5.92 Å². The van der Waals surface area contributed by atoms with Gasteiger partial charge in [0.15, 0.2) is 0 Å². The van der Waals surface area contributed by atoms with Crippen LogP contribution in [0, 0.1) is 16.0 Å². The fourth-order valence-corrected chi connectivity index (χ4v) is 3.12. The normalized spacial score (nSPS) is 27.8. The second-order valence-corrected chi connectivity index (χ2v) is 5.00. The first-order chi connectivity index (χ1) is 9.72. The first-order valence-corrected chi connectivity index (χ1v) is 6.43. The predicted octanol–water partition coefficient (Wildman–Crippen LogP) is 2.77. The van der Waals surface area contributed by atoms with E-state index in [9.17, 15) is 14.9 Å². The van der Waals surface area contributed by atoms with Gasteiger partial charge in [-0.3, -0.25) is 10.1 Å². The molecule has 1 aliphatic rings. The summed E-state index contributed by atoms with van der Waals surface area (Å²) < 4.78 is 0. The summed E-state index contributed by atoms with van der Waals surface area (Å²) in [5.41, 5.74) is 0.116. The van der Waals surface area contributed by atoms with Crippen molar-refractivity contribution < 1.29 is 9.72 Å². The van der Waals surface area contributed by atoms with Crippen LogP contribution in [0.25, 0.3) is 0 Å². The molecule has 0 unspecified atom stereocenters. The van der Waals surface area contributed by atoms with Gasteiger partial charge in [0.2, 0.25) is 0 Å². The zero-order chi connectivity index (χ0) is 14.2. The van der Waals surface area contributed by atoms with Gasteiger partial charge in [0.25, 0.3) is 5.54 Å². The summed E-state index contributed by atoms with van der Waals surface area (Å²) in [4.78, 5) is 22.7. The van der Waals surface area contributed by atoms with E-state index in [4.69, 9.17) is 0 Å². The van der Waals surface area contributed by atoms with Crippen LogP contribution in [0.1, 0.15) is 17.0 Å². The number of hydrogen-bond acceptors (Lipinski definition) is 3. The third kappa shape index (κ3) is 1.58. The van der Waals surface area contributed by atoms with Gasteiger partial charge in [-0.2, -0.15) is 0 Å². The Labute approximate surface area is 116 Å². The summed E-state index contributed by atoms with van der Waals surface area (Å²) in [6.07, 6.45) is 0.716. The van der Waals surface area contributed by atoms with Crippen molar-refractivity contribution in [2.45, 2.75) is 11.5 Å². The van der Waals surface area contributed by atoms with Crippen molar-refractivity contribution in [1.29, 1.82) is 0 Å². The molecule has 2 aromatic carbocycles. The lowest BCUT2D eigenvalue weighted by Crippen LogP contribution is -2.23. The fourth-order valence-electron chi connectivity index (χ4n) is 3.12. The number of carbonyl (C=O) groups is 1. The van der Waals surface area contributed by atoms with Gasteiger partial charge in [-0.05, 0) is 5.56 Å². The molecule has 0 heterocycles. The zero-order valence-electron chi connectivity index (χ0n) is 10.7. The van der Waals surface area contributed by atoms with Gasteiger partial charge in [0.1, 0.15) is 12.2 Å². The molecule has 20 heavy (non-hydrogen) atoms. The first kappa shape index (κ1) is 12.5. The molecule has 0 spiro atoms. The lowest BCUT2D eigenvalue weighted by Gasteiger charge is -2.10. The lowest BCUT2D eigenvalue weighted by molar-refractivity contribution is -0.550. The summed E-state index contributed by atoms with van der Waals surface area (Å²) in [6.45, 7) is 0. The van der Waals surface area contributed by atoms with E-state index < -0.39 is 17.4 Å². The Bertz CT molecular complexity index is 641. The molecule has 1 saturated carbocycles. The van der Waals surface area contributed by atoms with E-state index in [0.29, 0.717) is 11.8 Å². The number of nitrogens with zero attached hydrogens (tertiary/aromatic N) is 1. The Morgan fingerprint density at radius 1 is 1.00 bits per heavy atom. The molecule has 1 fully saturated rings. The fraction of sp³-hybridized carbons (Fsp3) is 0.188. The molecule has 3 atom stereocenters. The van der Waals surface area contributed by atoms with Crippen molar-refractivity contribution in [3.05, 3.63) is 81.9 Å². The van der Waals surface area contributed by atoms with Gasteiger partial charge in [-0.1, -0.05) is 60.7 Å². The Morgan fingerprint density at radius 3 is 2.05 bits per heavy atom. The minimum absolute atomic E-state index is 0.306. The van der Waals surface area contributed by atoms with Crippen LogP contribution in [-0.4, -0.2) is 11.2 Å². The van der Waals surface area contributed by atoms with Crippen molar-refractivity contribution in [2.75, 3.05) is 0 Å². The van der Waals surface area contributed by atoms with Crippen LogP contribution >= 0.6 is 0 Å². The predicted molar refractivity (Wildman–Crippen MR) is 73.9 cm³/mol. The third-order valence-electron chi connectivity index (χ3n) is 4.08. The van der Waals surface area contributed by atoms with E-state index in [-0.39, 0.29) is 4.92 Å². The topological polar surface area (TPSA) is 60.2 Å². The summed E-state index contributed by atoms with van der Waals surface area (Å²) in [5.74, 6) is -0.999. The van der Waals surface area contributed by atoms with Gasteiger partial charge in [-0.25, -0.2) is 0 Å². The highest BCUT2D eigenvalue weighted by Gasteiger charge is 2.77. The zero-order valence-corrected chi connectivity index (χ0v) is 10.7. The van der Waals surface area contributed by atoms with Crippen LogP contribution in [0.3, 0.4) is 0 Å². The van der Waals surface area contributed by atoms with E-state index in [2.05, 4.69) is 0 Å². The Morgan fingerprint density at radius 2 is 1.55 bits per heavy atom. The Hall–Kier alpha value is -2.49. The van der Waals surface area contributed by atoms with Gasteiger partial charge < -0.3 is 4.79 Å². The number of carbonyl (C=O) groups excluding carboxylic acids is 1. The summed E-state index contributed by atoms with van der Waals surface area (Å²) >= 11 is 0. The smallest absolute Gasteiger partial charge is 0.265 e. The minimum atomic E-state index is -1.32. The van der Waals surface area contributed by atoms with Crippen LogP contribution in [0.4, 0.5) is 0 Å². The third-order valence-corrected chi connectivity index (χ3v) is 4.08. The van der Waals surface area contributed by atoms with Crippen LogP contribution in [-0.2, 0) is 10.3 Å². The molecule has 0 amide bonds. The number of nitro groups is 1. The maximum Gasteiger partial charge on any atom is 0.265 e. The average Bonchev–Trinajstić information content (AvgIpc) is 3.19. The standard InChI is InChI=1S/C16H13NO3/c18-11-14-15(12-7-3-1-4-8-12)16(14,17(19)20)13-9-5-2-6-10-13/h1-11,14-15H/t14-,15-,16-/m1/s1. The van der Waals surface area contributed by atoms with Crippen LogP contribution < -0.4 is 0 Å². The van der Waals surface area contributed by atoms with E-state index in [1.807, 2.05) is 36.4 Å².